The Kier molecular flexibility index (Phi) is 5.20. The fourth-order valence-electron chi connectivity index (χ4n) is 2.38. The van der Waals surface area contributed by atoms with Gasteiger partial charge in [0, 0.05) is 36.9 Å². The highest BCUT2D eigenvalue weighted by molar-refractivity contribution is 7.93. The highest BCUT2D eigenvalue weighted by Gasteiger charge is 2.34. The maximum atomic E-state index is 12.1. The zero-order valence-corrected chi connectivity index (χ0v) is 14.0. The van der Waals surface area contributed by atoms with Crippen LogP contribution >= 0.6 is 0 Å². The molecule has 0 aromatic heterocycles. The van der Waals surface area contributed by atoms with E-state index in [2.05, 4.69) is 5.32 Å². The van der Waals surface area contributed by atoms with Crippen LogP contribution in [0.25, 0.3) is 0 Å². The number of amides is 2. The molecule has 0 spiro atoms. The molecule has 1 aliphatic rings. The van der Waals surface area contributed by atoms with Crippen molar-refractivity contribution in [2.45, 2.75) is 13.3 Å². The molecule has 0 aliphatic carbocycles. The molecule has 1 aliphatic heterocycles. The summed E-state index contributed by atoms with van der Waals surface area (Å²) in [5, 5.41) is 3.68. The SMILES string of the molecule is Cc1ccc(N2C[C@H](C(=O)NC/C=C/S(C)(=O)=O)CC2=O)cc1. The predicted octanol–water partition coefficient (Wildman–Crippen LogP) is 1.02. The molecule has 6 nitrogen and oxygen atoms in total. The molecular weight excluding hydrogens is 316 g/mol. The number of nitrogens with one attached hydrogen (secondary N) is 1. The van der Waals surface area contributed by atoms with E-state index >= 15 is 0 Å². The largest absolute Gasteiger partial charge is 0.352 e. The molecule has 2 amide bonds. The van der Waals surface area contributed by atoms with Gasteiger partial charge in [0.15, 0.2) is 9.84 Å². The lowest BCUT2D eigenvalue weighted by Crippen LogP contribution is -2.33. The van der Waals surface area contributed by atoms with E-state index in [1.807, 2.05) is 31.2 Å². The smallest absolute Gasteiger partial charge is 0.227 e. The van der Waals surface area contributed by atoms with Crippen molar-refractivity contribution < 1.29 is 18.0 Å². The summed E-state index contributed by atoms with van der Waals surface area (Å²) in [6, 6.07) is 7.57. The van der Waals surface area contributed by atoms with Crippen LogP contribution in [0.3, 0.4) is 0 Å². The van der Waals surface area contributed by atoms with Crippen molar-refractivity contribution in [2.24, 2.45) is 5.92 Å². The molecule has 1 heterocycles. The minimum atomic E-state index is -3.19. The van der Waals surface area contributed by atoms with E-state index in [4.69, 9.17) is 0 Å². The van der Waals surface area contributed by atoms with Crippen molar-refractivity contribution in [3.05, 3.63) is 41.3 Å². The Bertz CT molecular complexity index is 723. The van der Waals surface area contributed by atoms with Gasteiger partial charge in [0.2, 0.25) is 11.8 Å². The Hall–Kier alpha value is -2.15. The number of sulfone groups is 1. The van der Waals surface area contributed by atoms with Crippen molar-refractivity contribution >= 4 is 27.3 Å². The lowest BCUT2D eigenvalue weighted by Gasteiger charge is -2.16. The van der Waals surface area contributed by atoms with Gasteiger partial charge in [-0.15, -0.1) is 0 Å². The summed E-state index contributed by atoms with van der Waals surface area (Å²) in [6.07, 6.45) is 2.62. The zero-order valence-electron chi connectivity index (χ0n) is 13.2. The maximum Gasteiger partial charge on any atom is 0.227 e. The van der Waals surface area contributed by atoms with Crippen molar-refractivity contribution in [2.75, 3.05) is 24.2 Å². The normalized spacial score (nSPS) is 18.6. The first-order valence-corrected chi connectivity index (χ1v) is 9.23. The molecule has 1 aromatic rings. The maximum absolute atomic E-state index is 12.1. The van der Waals surface area contributed by atoms with Gasteiger partial charge in [0.05, 0.1) is 5.92 Å². The van der Waals surface area contributed by atoms with Crippen LogP contribution in [-0.4, -0.2) is 39.6 Å². The number of hydrogen-bond acceptors (Lipinski definition) is 4. The number of anilines is 1. The van der Waals surface area contributed by atoms with Gasteiger partial charge in [0.25, 0.3) is 0 Å². The third-order valence-electron chi connectivity index (χ3n) is 3.58. The molecule has 124 valence electrons. The molecule has 0 bridgehead atoms. The first-order chi connectivity index (χ1) is 10.8. The quantitative estimate of drug-likeness (QED) is 0.870. The summed E-state index contributed by atoms with van der Waals surface area (Å²) in [7, 11) is -3.19. The van der Waals surface area contributed by atoms with Crippen molar-refractivity contribution in [1.29, 1.82) is 0 Å². The van der Waals surface area contributed by atoms with Crippen LogP contribution in [0.1, 0.15) is 12.0 Å². The third-order valence-corrected chi connectivity index (χ3v) is 4.27. The highest BCUT2D eigenvalue weighted by atomic mass is 32.2. The Morgan fingerprint density at radius 1 is 1.35 bits per heavy atom. The first kappa shape index (κ1) is 17.2. The van der Waals surface area contributed by atoms with Crippen LogP contribution in [0.2, 0.25) is 0 Å². The highest BCUT2D eigenvalue weighted by Crippen LogP contribution is 2.25. The monoisotopic (exact) mass is 336 g/mol. The number of benzene rings is 1. The van der Waals surface area contributed by atoms with Crippen LogP contribution in [0.15, 0.2) is 35.7 Å². The fourth-order valence-corrected chi connectivity index (χ4v) is 2.83. The first-order valence-electron chi connectivity index (χ1n) is 7.27. The van der Waals surface area contributed by atoms with E-state index in [1.165, 1.54) is 6.08 Å². The van der Waals surface area contributed by atoms with Crippen molar-refractivity contribution in [3.8, 4) is 0 Å². The Labute approximate surface area is 136 Å². The summed E-state index contributed by atoms with van der Waals surface area (Å²) >= 11 is 0. The molecule has 23 heavy (non-hydrogen) atoms. The van der Waals surface area contributed by atoms with Crippen LogP contribution in [0.4, 0.5) is 5.69 Å². The zero-order chi connectivity index (χ0) is 17.0. The molecule has 1 fully saturated rings. The van der Waals surface area contributed by atoms with Gasteiger partial charge in [-0.2, -0.15) is 0 Å². The number of rotatable bonds is 5. The van der Waals surface area contributed by atoms with E-state index in [0.29, 0.717) is 6.54 Å². The van der Waals surface area contributed by atoms with Crippen LogP contribution < -0.4 is 10.2 Å². The Balaban J connectivity index is 1.93. The lowest BCUT2D eigenvalue weighted by molar-refractivity contribution is -0.126. The molecule has 1 saturated heterocycles. The van der Waals surface area contributed by atoms with Gasteiger partial charge in [0.1, 0.15) is 0 Å². The summed E-state index contributed by atoms with van der Waals surface area (Å²) in [5.41, 5.74) is 1.89. The van der Waals surface area contributed by atoms with Crippen LogP contribution in [0, 0.1) is 12.8 Å². The number of carbonyl (C=O) groups is 2. The molecule has 0 unspecified atom stereocenters. The molecule has 1 N–H and O–H groups in total. The molecule has 2 rings (SSSR count). The van der Waals surface area contributed by atoms with Crippen LogP contribution in [0.5, 0.6) is 0 Å². The standard InChI is InChI=1S/C16H20N2O4S/c1-12-4-6-14(7-5-12)18-11-13(10-15(18)19)16(20)17-8-3-9-23(2,21)22/h3-7,9,13H,8,10-11H2,1-2H3,(H,17,20)/b9-3+/t13-/m1/s1. The fraction of sp³-hybridized carbons (Fsp3) is 0.375. The molecular formula is C16H20N2O4S. The van der Waals surface area contributed by atoms with E-state index in [1.54, 1.807) is 4.90 Å². The second kappa shape index (κ2) is 6.95. The number of aryl methyl sites for hydroxylation is 1. The molecule has 0 radical (unpaired) electrons. The van der Waals surface area contributed by atoms with Crippen molar-refractivity contribution in [1.82, 2.24) is 5.32 Å². The summed E-state index contributed by atoms with van der Waals surface area (Å²) in [4.78, 5) is 25.8. The van der Waals surface area contributed by atoms with Gasteiger partial charge in [-0.3, -0.25) is 9.59 Å². The summed E-state index contributed by atoms with van der Waals surface area (Å²) < 4.78 is 21.9. The topological polar surface area (TPSA) is 83.6 Å². The van der Waals surface area contributed by atoms with E-state index in [0.717, 1.165) is 22.9 Å². The minimum Gasteiger partial charge on any atom is -0.352 e. The minimum absolute atomic E-state index is 0.0827. The summed E-state index contributed by atoms with van der Waals surface area (Å²) in [5.74, 6) is -0.748. The second-order valence-electron chi connectivity index (χ2n) is 5.69. The number of nitrogens with zero attached hydrogens (tertiary/aromatic N) is 1. The predicted molar refractivity (Wildman–Crippen MR) is 88.6 cm³/mol. The molecule has 1 atom stereocenters. The molecule has 1 aromatic carbocycles. The average molecular weight is 336 g/mol. The van der Waals surface area contributed by atoms with Gasteiger partial charge in [-0.25, -0.2) is 8.42 Å². The number of hydrogen-bond donors (Lipinski definition) is 1. The molecule has 7 heteroatoms. The van der Waals surface area contributed by atoms with E-state index in [-0.39, 0.29) is 24.8 Å². The van der Waals surface area contributed by atoms with Gasteiger partial charge in [-0.1, -0.05) is 23.8 Å². The van der Waals surface area contributed by atoms with E-state index < -0.39 is 15.8 Å². The average Bonchev–Trinajstić information content (AvgIpc) is 2.85. The van der Waals surface area contributed by atoms with E-state index in [9.17, 15) is 18.0 Å². The van der Waals surface area contributed by atoms with Gasteiger partial charge >= 0.3 is 0 Å². The molecule has 0 saturated carbocycles. The third kappa shape index (κ3) is 4.92. The Morgan fingerprint density at radius 3 is 2.61 bits per heavy atom. The van der Waals surface area contributed by atoms with Crippen LogP contribution in [-0.2, 0) is 19.4 Å². The lowest BCUT2D eigenvalue weighted by atomic mass is 10.1. The summed E-state index contributed by atoms with van der Waals surface area (Å²) in [6.45, 7) is 2.43. The van der Waals surface area contributed by atoms with Gasteiger partial charge < -0.3 is 10.2 Å². The second-order valence-corrected chi connectivity index (χ2v) is 7.62. The Morgan fingerprint density at radius 2 is 2.00 bits per heavy atom. The van der Waals surface area contributed by atoms with Gasteiger partial charge in [-0.05, 0) is 19.1 Å². The number of carbonyl (C=O) groups excluding carboxylic acids is 2. The van der Waals surface area contributed by atoms with Crippen molar-refractivity contribution in [3.63, 3.8) is 0 Å².